The lowest BCUT2D eigenvalue weighted by atomic mass is 9.95. The molecule has 29 heavy (non-hydrogen) atoms. The zero-order valence-corrected chi connectivity index (χ0v) is 15.5. The number of esters is 1. The number of nitrogens with zero attached hydrogens (tertiary/aromatic N) is 5. The van der Waals surface area contributed by atoms with E-state index in [-0.39, 0.29) is 18.4 Å². The van der Waals surface area contributed by atoms with E-state index in [2.05, 4.69) is 19.9 Å². The Morgan fingerprint density at radius 3 is 2.59 bits per heavy atom. The van der Waals surface area contributed by atoms with Gasteiger partial charge in [-0.3, -0.25) is 9.36 Å². The van der Waals surface area contributed by atoms with Gasteiger partial charge in [-0.25, -0.2) is 19.9 Å². The summed E-state index contributed by atoms with van der Waals surface area (Å²) >= 11 is 0. The van der Waals surface area contributed by atoms with E-state index >= 15 is 0 Å². The van der Waals surface area contributed by atoms with E-state index in [9.17, 15) is 9.82 Å². The second-order valence-electron chi connectivity index (χ2n) is 6.22. The maximum Gasteiger partial charge on any atom is 0.348 e. The number of carbonyl (C=O) groups is 1. The number of carbonyl (C=O) groups excluding carboxylic acids is 1. The summed E-state index contributed by atoms with van der Waals surface area (Å²) in [5.74, 6) is 0.373. The highest BCUT2D eigenvalue weighted by molar-refractivity contribution is 6.44. The molecular weight excluding hydrogens is 371 g/mol. The lowest BCUT2D eigenvalue weighted by Crippen LogP contribution is -2.18. The van der Waals surface area contributed by atoms with Crippen LogP contribution in [-0.4, -0.2) is 43.0 Å². The van der Waals surface area contributed by atoms with Gasteiger partial charge in [-0.15, -0.1) is 0 Å². The molecule has 0 spiro atoms. The van der Waals surface area contributed by atoms with Gasteiger partial charge in [0.15, 0.2) is 17.3 Å². The molecule has 0 atom stereocenters. The minimum absolute atomic E-state index is 0.187. The van der Waals surface area contributed by atoms with Crippen molar-refractivity contribution < 1.29 is 14.6 Å². The number of rotatable bonds is 5. The first-order valence-corrected chi connectivity index (χ1v) is 8.73. The molecule has 9 nitrogen and oxygen atoms in total. The summed E-state index contributed by atoms with van der Waals surface area (Å²) in [4.78, 5) is 28.5. The van der Waals surface area contributed by atoms with Crippen molar-refractivity contribution >= 4 is 36.0 Å². The van der Waals surface area contributed by atoms with Crippen LogP contribution >= 0.6 is 0 Å². The first-order chi connectivity index (χ1) is 14.1. The van der Waals surface area contributed by atoms with Crippen LogP contribution in [0.1, 0.15) is 12.5 Å². The van der Waals surface area contributed by atoms with Gasteiger partial charge < -0.3 is 15.5 Å². The highest BCUT2D eigenvalue weighted by Crippen LogP contribution is 2.28. The first kappa shape index (κ1) is 18.6. The Labute approximate surface area is 166 Å². The normalized spacial score (nSPS) is 10.8. The van der Waals surface area contributed by atoms with E-state index in [0.717, 1.165) is 18.7 Å². The van der Waals surface area contributed by atoms with Crippen molar-refractivity contribution in [3.63, 3.8) is 0 Å². The first-order valence-electron chi connectivity index (χ1n) is 8.73. The van der Waals surface area contributed by atoms with Crippen LogP contribution in [0, 0.1) is 0 Å². The Morgan fingerprint density at radius 1 is 1.14 bits per heavy atom. The van der Waals surface area contributed by atoms with E-state index in [1.807, 2.05) is 24.3 Å². The molecule has 0 unspecified atom stereocenters. The average molecular weight is 387 g/mol. The number of ether oxygens (including phenoxy) is 1. The van der Waals surface area contributed by atoms with Crippen LogP contribution in [0.25, 0.3) is 28.4 Å². The third-order valence-corrected chi connectivity index (χ3v) is 4.23. The molecular formula is C19H16BN6O3. The second kappa shape index (κ2) is 7.68. The molecule has 0 saturated carbocycles. The van der Waals surface area contributed by atoms with E-state index in [1.54, 1.807) is 16.7 Å². The number of nitrogen functional groups attached to an aromatic ring is 1. The van der Waals surface area contributed by atoms with Crippen molar-refractivity contribution in [2.75, 3.05) is 5.73 Å². The summed E-state index contributed by atoms with van der Waals surface area (Å²) in [6, 6.07) is 10.8. The fraction of sp³-hybridized carbons (Fsp3) is 0.105. The largest absolute Gasteiger partial charge is 0.461 e. The molecule has 0 bridgehead atoms. The van der Waals surface area contributed by atoms with Crippen LogP contribution < -0.4 is 11.3 Å². The van der Waals surface area contributed by atoms with Gasteiger partial charge in [-0.1, -0.05) is 12.1 Å². The monoisotopic (exact) mass is 387 g/mol. The number of fused-ring (bicyclic) bond motifs is 1. The number of aromatic nitrogens is 5. The van der Waals surface area contributed by atoms with Crippen molar-refractivity contribution in [2.24, 2.45) is 0 Å². The van der Waals surface area contributed by atoms with Crippen LogP contribution in [0.15, 0.2) is 48.8 Å². The minimum atomic E-state index is -0.341. The fourth-order valence-corrected chi connectivity index (χ4v) is 2.89. The van der Waals surface area contributed by atoms with Crippen LogP contribution in [0.2, 0.25) is 0 Å². The van der Waals surface area contributed by atoms with Crippen molar-refractivity contribution in [1.29, 1.82) is 0 Å². The number of pyridine rings is 1. The number of nitrogens with two attached hydrogens (primary N) is 1. The highest BCUT2D eigenvalue weighted by Gasteiger charge is 2.19. The molecule has 0 aliphatic heterocycles. The fourth-order valence-electron chi connectivity index (χ4n) is 2.89. The standard InChI is InChI=1S/C19H16BN6O3/c1-11(27)29-10-12-2-4-13(5-3-12)26-18-14(6-7-15(20-28)25-18)24-19(26)16-17(21)23-9-8-22-16/h2-9,28H,10H2,1H3,(H2,21,23). The molecule has 0 aliphatic rings. The van der Waals surface area contributed by atoms with E-state index in [1.165, 1.54) is 19.3 Å². The maximum absolute atomic E-state index is 11.0. The van der Waals surface area contributed by atoms with Gasteiger partial charge in [0.25, 0.3) is 0 Å². The van der Waals surface area contributed by atoms with Crippen molar-refractivity contribution in [2.45, 2.75) is 13.5 Å². The molecule has 4 aromatic rings. The quantitative estimate of drug-likeness (QED) is 0.379. The second-order valence-corrected chi connectivity index (χ2v) is 6.22. The zero-order chi connectivity index (χ0) is 20.4. The Kier molecular flexibility index (Phi) is 4.92. The zero-order valence-electron chi connectivity index (χ0n) is 15.5. The Hall–Kier alpha value is -3.79. The van der Waals surface area contributed by atoms with Gasteiger partial charge in [0.05, 0.1) is 0 Å². The third kappa shape index (κ3) is 3.65. The molecule has 10 heteroatoms. The molecule has 3 aromatic heterocycles. The Bertz CT molecular complexity index is 1190. The Balaban J connectivity index is 1.88. The van der Waals surface area contributed by atoms with Gasteiger partial charge in [-0.2, -0.15) is 0 Å². The van der Waals surface area contributed by atoms with Gasteiger partial charge in [0.2, 0.25) is 0 Å². The van der Waals surface area contributed by atoms with E-state index < -0.39 is 0 Å². The predicted octanol–water partition coefficient (Wildman–Crippen LogP) is 0.760. The summed E-state index contributed by atoms with van der Waals surface area (Å²) in [6.07, 6.45) is 3.05. The summed E-state index contributed by atoms with van der Waals surface area (Å²) in [5.41, 5.74) is 9.57. The number of imidazole rings is 1. The average Bonchev–Trinajstić information content (AvgIpc) is 3.11. The molecule has 4 rings (SSSR count). The van der Waals surface area contributed by atoms with Gasteiger partial charge >= 0.3 is 13.5 Å². The predicted molar refractivity (Wildman–Crippen MR) is 107 cm³/mol. The molecule has 0 aliphatic carbocycles. The van der Waals surface area contributed by atoms with Crippen LogP contribution in [0.3, 0.4) is 0 Å². The smallest absolute Gasteiger partial charge is 0.348 e. The summed E-state index contributed by atoms with van der Waals surface area (Å²) in [5, 5.41) is 9.37. The maximum atomic E-state index is 11.0. The number of hydrogen-bond donors (Lipinski definition) is 2. The number of anilines is 1. The topological polar surface area (TPSA) is 129 Å². The molecule has 3 heterocycles. The van der Waals surface area contributed by atoms with Crippen molar-refractivity contribution in [3.05, 3.63) is 54.4 Å². The van der Waals surface area contributed by atoms with Gasteiger partial charge in [-0.05, 0) is 29.8 Å². The number of hydrogen-bond acceptors (Lipinski definition) is 8. The minimum Gasteiger partial charge on any atom is -0.461 e. The summed E-state index contributed by atoms with van der Waals surface area (Å²) < 4.78 is 6.82. The van der Waals surface area contributed by atoms with Gasteiger partial charge in [0, 0.05) is 30.6 Å². The third-order valence-electron chi connectivity index (χ3n) is 4.23. The van der Waals surface area contributed by atoms with Crippen LogP contribution in [0.4, 0.5) is 5.82 Å². The lowest BCUT2D eigenvalue weighted by molar-refractivity contribution is -0.142. The molecule has 1 aromatic carbocycles. The van der Waals surface area contributed by atoms with E-state index in [4.69, 9.17) is 10.5 Å². The van der Waals surface area contributed by atoms with Crippen LogP contribution in [0.5, 0.6) is 0 Å². The molecule has 0 saturated heterocycles. The summed E-state index contributed by atoms with van der Waals surface area (Å²) in [6.45, 7) is 1.55. The van der Waals surface area contributed by atoms with Crippen molar-refractivity contribution in [3.8, 4) is 17.2 Å². The van der Waals surface area contributed by atoms with Gasteiger partial charge in [0.1, 0.15) is 17.8 Å². The summed E-state index contributed by atoms with van der Waals surface area (Å²) in [7, 11) is 0.926. The highest BCUT2D eigenvalue weighted by atomic mass is 16.5. The molecule has 3 N–H and O–H groups in total. The molecule has 0 fully saturated rings. The van der Waals surface area contributed by atoms with Crippen molar-refractivity contribution in [1.82, 2.24) is 24.5 Å². The lowest BCUT2D eigenvalue weighted by Gasteiger charge is -2.10. The SMILES string of the molecule is CC(=O)OCc1ccc(-n2c(-c3nccnc3N)nc3ccc([B]O)nc32)cc1. The molecule has 0 amide bonds. The number of benzene rings is 1. The van der Waals surface area contributed by atoms with Crippen LogP contribution in [-0.2, 0) is 16.1 Å². The molecule has 1 radical (unpaired) electrons. The Morgan fingerprint density at radius 2 is 1.90 bits per heavy atom. The molecule has 143 valence electrons. The van der Waals surface area contributed by atoms with E-state index in [0.29, 0.717) is 28.3 Å².